The van der Waals surface area contributed by atoms with Crippen LogP contribution < -0.4 is 5.32 Å². The first-order valence-corrected chi connectivity index (χ1v) is 6.24. The van der Waals surface area contributed by atoms with Crippen LogP contribution >= 0.6 is 0 Å². The Kier molecular flexibility index (Phi) is 2.71. The van der Waals surface area contributed by atoms with Gasteiger partial charge in [-0.15, -0.1) is 0 Å². The molecule has 2 aromatic rings. The van der Waals surface area contributed by atoms with E-state index in [1.54, 1.807) is 6.07 Å². The summed E-state index contributed by atoms with van der Waals surface area (Å²) in [4.78, 5) is 16.0. The van der Waals surface area contributed by atoms with E-state index < -0.39 is 5.97 Å². The van der Waals surface area contributed by atoms with Crippen LogP contribution in [-0.4, -0.2) is 22.6 Å². The highest BCUT2D eigenvalue weighted by Crippen LogP contribution is 2.30. The largest absolute Gasteiger partial charge is 0.478 e. The lowest BCUT2D eigenvalue weighted by Crippen LogP contribution is -2.04. The van der Waals surface area contributed by atoms with Gasteiger partial charge in [-0.1, -0.05) is 24.3 Å². The number of hydrogen-bond donors (Lipinski definition) is 2. The number of nitrogens with zero attached hydrogens (tertiary/aromatic N) is 1. The zero-order chi connectivity index (χ0) is 13.4. The second-order valence-electron chi connectivity index (χ2n) is 4.68. The molecule has 0 saturated carbocycles. The van der Waals surface area contributed by atoms with Crippen LogP contribution in [0.25, 0.3) is 11.3 Å². The van der Waals surface area contributed by atoms with E-state index in [1.165, 1.54) is 0 Å². The van der Waals surface area contributed by atoms with Gasteiger partial charge in [-0.05, 0) is 18.6 Å². The van der Waals surface area contributed by atoms with Crippen LogP contribution in [0.4, 0.5) is 5.69 Å². The van der Waals surface area contributed by atoms with E-state index in [4.69, 9.17) is 0 Å². The molecule has 0 fully saturated rings. The fourth-order valence-corrected chi connectivity index (χ4v) is 2.42. The predicted octanol–water partition coefficient (Wildman–Crippen LogP) is 2.72. The van der Waals surface area contributed by atoms with Gasteiger partial charge in [0.1, 0.15) is 0 Å². The minimum absolute atomic E-state index is 0.252. The summed E-state index contributed by atoms with van der Waals surface area (Å²) in [5.74, 6) is -0.942. The molecule has 3 rings (SSSR count). The van der Waals surface area contributed by atoms with Crippen LogP contribution in [0.3, 0.4) is 0 Å². The van der Waals surface area contributed by atoms with Crippen molar-refractivity contribution >= 4 is 11.7 Å². The second kappa shape index (κ2) is 4.39. The molecule has 1 aliphatic heterocycles. The number of hydrogen-bond acceptors (Lipinski definition) is 3. The molecule has 1 aliphatic rings. The van der Waals surface area contributed by atoms with E-state index in [2.05, 4.69) is 10.3 Å². The van der Waals surface area contributed by atoms with Gasteiger partial charge in [0.15, 0.2) is 0 Å². The van der Waals surface area contributed by atoms with Gasteiger partial charge in [0, 0.05) is 18.5 Å². The number of carboxylic acids is 1. The van der Waals surface area contributed by atoms with E-state index in [-0.39, 0.29) is 5.56 Å². The summed E-state index contributed by atoms with van der Waals surface area (Å²) in [5.41, 5.74) is 4.52. The van der Waals surface area contributed by atoms with E-state index in [0.717, 1.165) is 35.5 Å². The molecule has 0 saturated heterocycles. The number of anilines is 1. The number of aromatic nitrogens is 1. The molecule has 2 heterocycles. The Morgan fingerprint density at radius 2 is 2.16 bits per heavy atom. The molecular weight excluding hydrogens is 240 g/mol. The van der Waals surface area contributed by atoms with Gasteiger partial charge < -0.3 is 10.4 Å². The molecule has 2 N–H and O–H groups in total. The van der Waals surface area contributed by atoms with Crippen molar-refractivity contribution in [2.24, 2.45) is 0 Å². The van der Waals surface area contributed by atoms with Crippen LogP contribution in [0.5, 0.6) is 0 Å². The van der Waals surface area contributed by atoms with Crippen LogP contribution in [-0.2, 0) is 6.42 Å². The Balaban J connectivity index is 2.25. The topological polar surface area (TPSA) is 62.2 Å². The van der Waals surface area contributed by atoms with Crippen LogP contribution in [0.15, 0.2) is 30.3 Å². The SMILES string of the molecule is Cc1ccccc1-c1nc2c(cc1C(=O)O)NCC2. The van der Waals surface area contributed by atoms with Crippen molar-refractivity contribution in [3.05, 3.63) is 47.2 Å². The highest BCUT2D eigenvalue weighted by Gasteiger charge is 2.21. The first-order chi connectivity index (χ1) is 9.16. The van der Waals surface area contributed by atoms with Gasteiger partial charge in [-0.2, -0.15) is 0 Å². The fourth-order valence-electron chi connectivity index (χ4n) is 2.42. The predicted molar refractivity (Wildman–Crippen MR) is 73.6 cm³/mol. The highest BCUT2D eigenvalue weighted by molar-refractivity contribution is 5.96. The summed E-state index contributed by atoms with van der Waals surface area (Å²) in [5, 5.41) is 12.5. The Labute approximate surface area is 111 Å². The zero-order valence-electron chi connectivity index (χ0n) is 10.6. The highest BCUT2D eigenvalue weighted by atomic mass is 16.4. The normalized spacial score (nSPS) is 12.9. The van der Waals surface area contributed by atoms with Gasteiger partial charge in [0.2, 0.25) is 0 Å². The first kappa shape index (κ1) is 11.7. The van der Waals surface area contributed by atoms with E-state index in [1.807, 2.05) is 31.2 Å². The van der Waals surface area contributed by atoms with E-state index in [0.29, 0.717) is 5.69 Å². The molecular formula is C15H14N2O2. The van der Waals surface area contributed by atoms with Gasteiger partial charge in [-0.3, -0.25) is 0 Å². The summed E-state index contributed by atoms with van der Waals surface area (Å²) in [6, 6.07) is 9.42. The maximum absolute atomic E-state index is 11.4. The Morgan fingerprint density at radius 3 is 2.89 bits per heavy atom. The molecule has 1 aromatic carbocycles. The third kappa shape index (κ3) is 1.95. The van der Waals surface area contributed by atoms with Crippen molar-refractivity contribution in [3.8, 4) is 11.3 Å². The standard InChI is InChI=1S/C15H14N2O2/c1-9-4-2-3-5-10(9)14-11(15(18)19)8-13-12(17-14)6-7-16-13/h2-5,8,16H,6-7H2,1H3,(H,18,19). The van der Waals surface area contributed by atoms with Crippen molar-refractivity contribution in [1.82, 2.24) is 4.98 Å². The summed E-state index contributed by atoms with van der Waals surface area (Å²) in [6.07, 6.45) is 0.841. The average Bonchev–Trinajstić information content (AvgIpc) is 2.85. The first-order valence-electron chi connectivity index (χ1n) is 6.24. The lowest BCUT2D eigenvalue weighted by atomic mass is 10.00. The molecule has 4 heteroatoms. The van der Waals surface area contributed by atoms with Gasteiger partial charge in [0.05, 0.1) is 22.6 Å². The monoisotopic (exact) mass is 254 g/mol. The number of nitrogens with one attached hydrogen (secondary N) is 1. The van der Waals surface area contributed by atoms with Crippen LogP contribution in [0, 0.1) is 6.92 Å². The quantitative estimate of drug-likeness (QED) is 0.865. The number of fused-ring (bicyclic) bond motifs is 1. The molecule has 0 radical (unpaired) electrons. The zero-order valence-corrected chi connectivity index (χ0v) is 10.6. The fraction of sp³-hybridized carbons (Fsp3) is 0.200. The van der Waals surface area contributed by atoms with Gasteiger partial charge >= 0.3 is 5.97 Å². The molecule has 0 aliphatic carbocycles. The Bertz CT molecular complexity index is 665. The third-order valence-electron chi connectivity index (χ3n) is 3.41. The molecule has 0 atom stereocenters. The van der Waals surface area contributed by atoms with Crippen molar-refractivity contribution in [2.75, 3.05) is 11.9 Å². The summed E-state index contributed by atoms with van der Waals surface area (Å²) in [7, 11) is 0. The number of carbonyl (C=O) groups is 1. The summed E-state index contributed by atoms with van der Waals surface area (Å²) >= 11 is 0. The van der Waals surface area contributed by atoms with Crippen molar-refractivity contribution in [1.29, 1.82) is 0 Å². The van der Waals surface area contributed by atoms with Crippen LogP contribution in [0.2, 0.25) is 0 Å². The molecule has 1 aromatic heterocycles. The number of aromatic carboxylic acids is 1. The molecule has 0 spiro atoms. The minimum atomic E-state index is -0.942. The molecule has 0 bridgehead atoms. The lowest BCUT2D eigenvalue weighted by molar-refractivity contribution is 0.0697. The average molecular weight is 254 g/mol. The smallest absolute Gasteiger partial charge is 0.337 e. The van der Waals surface area contributed by atoms with Gasteiger partial charge in [-0.25, -0.2) is 9.78 Å². The van der Waals surface area contributed by atoms with Crippen molar-refractivity contribution in [3.63, 3.8) is 0 Å². The molecule has 19 heavy (non-hydrogen) atoms. The number of rotatable bonds is 2. The maximum atomic E-state index is 11.4. The number of pyridine rings is 1. The van der Waals surface area contributed by atoms with Crippen LogP contribution in [0.1, 0.15) is 21.6 Å². The minimum Gasteiger partial charge on any atom is -0.478 e. The number of benzene rings is 1. The maximum Gasteiger partial charge on any atom is 0.337 e. The van der Waals surface area contributed by atoms with Gasteiger partial charge in [0.25, 0.3) is 0 Å². The Morgan fingerprint density at radius 1 is 1.37 bits per heavy atom. The molecule has 0 amide bonds. The van der Waals surface area contributed by atoms with Crippen molar-refractivity contribution in [2.45, 2.75) is 13.3 Å². The number of carboxylic acid groups (broad SMARTS) is 1. The summed E-state index contributed by atoms with van der Waals surface area (Å²) in [6.45, 7) is 2.78. The molecule has 96 valence electrons. The van der Waals surface area contributed by atoms with E-state index >= 15 is 0 Å². The second-order valence-corrected chi connectivity index (χ2v) is 4.68. The third-order valence-corrected chi connectivity index (χ3v) is 3.41. The molecule has 4 nitrogen and oxygen atoms in total. The number of aryl methyl sites for hydroxylation is 1. The summed E-state index contributed by atoms with van der Waals surface area (Å²) < 4.78 is 0. The molecule has 0 unspecified atom stereocenters. The van der Waals surface area contributed by atoms with E-state index in [9.17, 15) is 9.90 Å². The van der Waals surface area contributed by atoms with Crippen molar-refractivity contribution < 1.29 is 9.90 Å². The lowest BCUT2D eigenvalue weighted by Gasteiger charge is -2.10. The Hall–Kier alpha value is -2.36.